The highest BCUT2D eigenvalue weighted by atomic mass is 32.2. The zero-order chi connectivity index (χ0) is 24.4. The van der Waals surface area contributed by atoms with Crippen LogP contribution in [0.4, 0.5) is 8.78 Å². The molecule has 4 heterocycles. The Kier molecular flexibility index (Phi) is 5.12. The van der Waals surface area contributed by atoms with Gasteiger partial charge in [-0.3, -0.25) is 19.3 Å². The van der Waals surface area contributed by atoms with Crippen LogP contribution in [0.1, 0.15) is 40.1 Å². The summed E-state index contributed by atoms with van der Waals surface area (Å²) in [4.78, 5) is 28.2. The maximum atomic E-state index is 15.1. The Morgan fingerprint density at radius 3 is 2.71 bits per heavy atom. The van der Waals surface area contributed by atoms with Gasteiger partial charge in [0, 0.05) is 35.0 Å². The number of nitrogens with zero attached hydrogens (tertiary/aromatic N) is 3. The van der Waals surface area contributed by atoms with Crippen LogP contribution in [0, 0.1) is 11.6 Å². The number of pyridine rings is 1. The van der Waals surface area contributed by atoms with E-state index in [4.69, 9.17) is 4.74 Å². The fourth-order valence-electron chi connectivity index (χ4n) is 5.16. The van der Waals surface area contributed by atoms with E-state index in [2.05, 4.69) is 0 Å². The lowest BCUT2D eigenvalue weighted by Gasteiger charge is -2.52. The normalized spacial score (nSPS) is 23.2. The largest absolute Gasteiger partial charge is 0.502 e. The number of aromatic hydroxyl groups is 1. The number of carbonyl (C=O) groups excluding carboxylic acids is 1. The van der Waals surface area contributed by atoms with Crippen molar-refractivity contribution in [3.63, 3.8) is 0 Å². The van der Waals surface area contributed by atoms with Crippen LogP contribution in [0.15, 0.2) is 58.4 Å². The van der Waals surface area contributed by atoms with Crippen molar-refractivity contribution < 1.29 is 23.4 Å². The first-order valence-electron chi connectivity index (χ1n) is 11.2. The van der Waals surface area contributed by atoms with Crippen LogP contribution >= 0.6 is 11.8 Å². The molecule has 1 amide bonds. The number of thioether (sulfide) groups is 1. The smallest absolute Gasteiger partial charge is 0.278 e. The van der Waals surface area contributed by atoms with Gasteiger partial charge < -0.3 is 14.7 Å². The number of hydrogen-bond acceptors (Lipinski definition) is 6. The van der Waals surface area contributed by atoms with Gasteiger partial charge in [-0.05, 0) is 30.2 Å². The first-order valence-corrected chi connectivity index (χ1v) is 12.2. The average molecular weight is 498 g/mol. The lowest BCUT2D eigenvalue weighted by Crippen LogP contribution is -2.67. The van der Waals surface area contributed by atoms with Crippen molar-refractivity contribution in [2.45, 2.75) is 35.9 Å². The Morgan fingerprint density at radius 1 is 1.09 bits per heavy atom. The Labute approximate surface area is 203 Å². The minimum atomic E-state index is -0.930. The average Bonchev–Trinajstić information content (AvgIpc) is 3.01. The number of morpholine rings is 1. The number of aromatic nitrogens is 1. The van der Waals surface area contributed by atoms with Gasteiger partial charge in [-0.25, -0.2) is 8.78 Å². The molecule has 1 N–H and O–H groups in total. The monoisotopic (exact) mass is 497 g/mol. The fraction of sp³-hybridized carbons (Fsp3) is 0.280. The second kappa shape index (κ2) is 8.10. The summed E-state index contributed by atoms with van der Waals surface area (Å²) in [5, 5.41) is 12.5. The van der Waals surface area contributed by atoms with Crippen LogP contribution in [0.5, 0.6) is 5.75 Å². The van der Waals surface area contributed by atoms with Crippen molar-refractivity contribution >= 4 is 17.7 Å². The zero-order valence-electron chi connectivity index (χ0n) is 18.6. The van der Waals surface area contributed by atoms with Gasteiger partial charge in [0.05, 0.1) is 18.8 Å². The van der Waals surface area contributed by atoms with Crippen LogP contribution in [-0.2, 0) is 10.5 Å². The second-order valence-corrected chi connectivity index (χ2v) is 9.86. The van der Waals surface area contributed by atoms with Gasteiger partial charge in [0.1, 0.15) is 6.17 Å². The molecule has 0 spiro atoms. The molecule has 0 aliphatic carbocycles. The molecule has 0 bridgehead atoms. The van der Waals surface area contributed by atoms with Crippen LogP contribution in [0.25, 0.3) is 0 Å². The summed E-state index contributed by atoms with van der Waals surface area (Å²) in [7, 11) is 0. The number of halogens is 2. The molecule has 35 heavy (non-hydrogen) atoms. The standard InChI is InChI=1S/C25H21F2N3O4S/c1-13-10-28-20(11-34-13)30(29-9-8-18(31)24(32)23(29)25(28)33)22-14-6-7-17(26)21(27)16(14)12-35-19-5-3-2-4-15(19)22/h2-9,13,20,22,32H,10-12H2,1H3/t13-,20+,22-/m0/s1. The molecular formula is C25H21F2N3O4S. The molecule has 7 nitrogen and oxygen atoms in total. The minimum absolute atomic E-state index is 0.157. The van der Waals surface area contributed by atoms with E-state index in [9.17, 15) is 19.1 Å². The van der Waals surface area contributed by atoms with Gasteiger partial charge in [0.2, 0.25) is 5.43 Å². The highest BCUT2D eigenvalue weighted by Crippen LogP contribution is 2.45. The number of rotatable bonds is 1. The molecule has 3 aromatic rings. The number of ether oxygens (including phenoxy) is 1. The van der Waals surface area contributed by atoms with E-state index in [1.807, 2.05) is 36.2 Å². The van der Waals surface area contributed by atoms with E-state index in [0.717, 1.165) is 16.5 Å². The molecule has 10 heteroatoms. The predicted octanol–water partition coefficient (Wildman–Crippen LogP) is 3.37. The van der Waals surface area contributed by atoms with Crippen molar-refractivity contribution in [1.29, 1.82) is 0 Å². The van der Waals surface area contributed by atoms with Crippen LogP contribution in [0.2, 0.25) is 0 Å². The number of carbonyl (C=O) groups is 1. The highest BCUT2D eigenvalue weighted by Gasteiger charge is 2.47. The molecule has 1 aromatic heterocycles. The number of hydrogen-bond donors (Lipinski definition) is 1. The molecule has 1 fully saturated rings. The van der Waals surface area contributed by atoms with Crippen molar-refractivity contribution in [3.8, 4) is 5.75 Å². The third-order valence-electron chi connectivity index (χ3n) is 6.79. The van der Waals surface area contributed by atoms with Crippen LogP contribution < -0.4 is 10.4 Å². The molecule has 0 unspecified atom stereocenters. The minimum Gasteiger partial charge on any atom is -0.502 e. The maximum absolute atomic E-state index is 15.1. The quantitative estimate of drug-likeness (QED) is 0.556. The Morgan fingerprint density at radius 2 is 1.89 bits per heavy atom. The summed E-state index contributed by atoms with van der Waals surface area (Å²) < 4.78 is 36.8. The molecule has 0 saturated carbocycles. The molecule has 3 atom stereocenters. The third-order valence-corrected chi connectivity index (χ3v) is 7.91. The highest BCUT2D eigenvalue weighted by molar-refractivity contribution is 7.98. The topological polar surface area (TPSA) is 75.0 Å². The van der Waals surface area contributed by atoms with Crippen LogP contribution in [0.3, 0.4) is 0 Å². The van der Waals surface area contributed by atoms with Gasteiger partial charge in [-0.15, -0.1) is 11.8 Å². The van der Waals surface area contributed by atoms with Gasteiger partial charge in [0.25, 0.3) is 5.91 Å². The number of amides is 1. The first-order chi connectivity index (χ1) is 16.9. The van der Waals surface area contributed by atoms with Gasteiger partial charge in [0.15, 0.2) is 23.1 Å². The number of fused-ring (bicyclic) bond motifs is 4. The molecule has 3 aliphatic heterocycles. The molecule has 2 aromatic carbocycles. The van der Waals surface area contributed by atoms with Crippen molar-refractivity contribution in [1.82, 2.24) is 9.58 Å². The van der Waals surface area contributed by atoms with Gasteiger partial charge >= 0.3 is 0 Å². The summed E-state index contributed by atoms with van der Waals surface area (Å²) in [5.74, 6) is -2.75. The van der Waals surface area contributed by atoms with E-state index < -0.39 is 40.9 Å². The van der Waals surface area contributed by atoms with E-state index >= 15 is 4.39 Å². The molecule has 180 valence electrons. The number of benzene rings is 2. The summed E-state index contributed by atoms with van der Waals surface area (Å²) in [6.45, 7) is 2.24. The Hall–Kier alpha value is -3.37. The lowest BCUT2D eigenvalue weighted by atomic mass is 9.93. The SMILES string of the molecule is C[C@H]1CN2C(=O)c3c(O)c(=O)ccn3N([C@@H]3c4ccccc4SCc4c3ccc(F)c4F)[C@@H]2CO1. The van der Waals surface area contributed by atoms with Crippen molar-refractivity contribution in [3.05, 3.63) is 92.9 Å². The third kappa shape index (κ3) is 3.27. The molecule has 3 aliphatic rings. The van der Waals surface area contributed by atoms with Crippen molar-refractivity contribution in [2.75, 3.05) is 18.2 Å². The maximum Gasteiger partial charge on any atom is 0.278 e. The summed E-state index contributed by atoms with van der Waals surface area (Å²) in [5.41, 5.74) is 0.769. The lowest BCUT2D eigenvalue weighted by molar-refractivity contribution is -0.0576. The zero-order valence-corrected chi connectivity index (χ0v) is 19.5. The summed E-state index contributed by atoms with van der Waals surface area (Å²) >= 11 is 1.41. The second-order valence-electron chi connectivity index (χ2n) is 8.84. The first kappa shape index (κ1) is 22.1. The van der Waals surface area contributed by atoms with E-state index in [0.29, 0.717) is 5.56 Å². The van der Waals surface area contributed by atoms with Gasteiger partial charge in [-0.2, -0.15) is 0 Å². The molecule has 0 radical (unpaired) electrons. The Bertz CT molecular complexity index is 1430. The van der Waals surface area contributed by atoms with E-state index in [1.54, 1.807) is 11.0 Å². The fourth-order valence-corrected chi connectivity index (χ4v) is 6.28. The van der Waals surface area contributed by atoms with Gasteiger partial charge in [-0.1, -0.05) is 24.3 Å². The summed E-state index contributed by atoms with van der Waals surface area (Å²) in [6, 6.07) is 10.8. The molecule has 1 saturated heterocycles. The van der Waals surface area contributed by atoms with E-state index in [-0.39, 0.29) is 36.3 Å². The predicted molar refractivity (Wildman–Crippen MR) is 125 cm³/mol. The molecular weight excluding hydrogens is 476 g/mol. The van der Waals surface area contributed by atoms with Crippen molar-refractivity contribution in [2.24, 2.45) is 0 Å². The summed E-state index contributed by atoms with van der Waals surface area (Å²) in [6.07, 6.45) is 0.567. The van der Waals surface area contributed by atoms with Crippen LogP contribution in [-0.4, -0.2) is 46.0 Å². The Balaban J connectivity index is 1.66. The molecule has 6 rings (SSSR count). The van der Waals surface area contributed by atoms with E-state index in [1.165, 1.54) is 28.7 Å².